The van der Waals surface area contributed by atoms with Crippen LogP contribution in [0.1, 0.15) is 13.3 Å². The van der Waals surface area contributed by atoms with Gasteiger partial charge in [0.05, 0.1) is 32.1 Å². The van der Waals surface area contributed by atoms with Crippen molar-refractivity contribution < 1.29 is 14.5 Å². The third-order valence-electron chi connectivity index (χ3n) is 1.41. The van der Waals surface area contributed by atoms with Gasteiger partial charge in [-0.05, 0) is 6.92 Å². The minimum absolute atomic E-state index is 0.514. The molecular weight excluding hydrogens is 182 g/mol. The van der Waals surface area contributed by atoms with E-state index in [2.05, 4.69) is 24.0 Å². The van der Waals surface area contributed by atoms with Crippen molar-refractivity contribution in [3.05, 3.63) is 18.7 Å². The Morgan fingerprint density at radius 3 is 2.50 bits per heavy atom. The first-order valence-electron chi connectivity index (χ1n) is 4.18. The Balaban J connectivity index is 0.000000255. The molecule has 5 nitrogen and oxygen atoms in total. The second kappa shape index (κ2) is 6.66. The maximum absolute atomic E-state index is 9.27. The second-order valence-corrected chi connectivity index (χ2v) is 2.62. The summed E-state index contributed by atoms with van der Waals surface area (Å²) >= 11 is 0. The number of carbonyl (C=O) groups is 1. The first kappa shape index (κ1) is 12.2. The average molecular weight is 195 g/mol. The van der Waals surface area contributed by atoms with Crippen LogP contribution in [0.25, 0.3) is 0 Å². The molecule has 0 fully saturated rings. The topological polar surface area (TPSA) is 72.7 Å². The first-order chi connectivity index (χ1) is 6.60. The van der Waals surface area contributed by atoms with Gasteiger partial charge >= 0.3 is 0 Å². The summed E-state index contributed by atoms with van der Waals surface area (Å²) in [5.41, 5.74) is 0. The van der Waals surface area contributed by atoms with Crippen LogP contribution in [0.15, 0.2) is 18.7 Å². The molecule has 0 aromatic carbocycles. The van der Waals surface area contributed by atoms with Gasteiger partial charge in [0.25, 0.3) is 0 Å². The highest BCUT2D eigenvalue weighted by Crippen LogP contribution is 1.79. The van der Waals surface area contributed by atoms with Crippen LogP contribution in [0.4, 0.5) is 0 Å². The SMILES string of the molecule is CCn1cc[n+](C)c1.N#CCC(=O)[O-]. The highest BCUT2D eigenvalue weighted by atomic mass is 16.4. The molecule has 0 saturated heterocycles. The van der Waals surface area contributed by atoms with Crippen molar-refractivity contribution in [3.63, 3.8) is 0 Å². The number of carbonyl (C=O) groups excluding carboxylic acids is 1. The van der Waals surface area contributed by atoms with E-state index in [-0.39, 0.29) is 0 Å². The van der Waals surface area contributed by atoms with Crippen LogP contribution in [-0.4, -0.2) is 10.5 Å². The summed E-state index contributed by atoms with van der Waals surface area (Å²) in [5.74, 6) is -1.32. The van der Waals surface area contributed by atoms with Gasteiger partial charge < -0.3 is 9.90 Å². The molecule has 0 saturated carbocycles. The van der Waals surface area contributed by atoms with E-state index in [9.17, 15) is 9.90 Å². The fourth-order valence-electron chi connectivity index (χ4n) is 0.753. The normalized spacial score (nSPS) is 8.36. The molecule has 0 unspecified atom stereocenters. The molecule has 1 aromatic heterocycles. The number of nitrogens with zero attached hydrogens (tertiary/aromatic N) is 3. The molecule has 0 atom stereocenters. The van der Waals surface area contributed by atoms with E-state index in [1.807, 2.05) is 17.8 Å². The molecule has 1 rings (SSSR count). The van der Waals surface area contributed by atoms with E-state index in [0.29, 0.717) is 0 Å². The number of carboxylic acid groups (broad SMARTS) is 1. The number of imidazole rings is 1. The van der Waals surface area contributed by atoms with Crippen LogP contribution in [0.3, 0.4) is 0 Å². The lowest BCUT2D eigenvalue weighted by atomic mass is 10.5. The summed E-state index contributed by atoms with van der Waals surface area (Å²) in [6, 6.07) is 1.41. The van der Waals surface area contributed by atoms with Gasteiger partial charge in [0.1, 0.15) is 12.4 Å². The van der Waals surface area contributed by atoms with Crippen molar-refractivity contribution in [3.8, 4) is 6.07 Å². The smallest absolute Gasteiger partial charge is 0.243 e. The fourth-order valence-corrected chi connectivity index (χ4v) is 0.753. The number of hydrogen-bond acceptors (Lipinski definition) is 3. The van der Waals surface area contributed by atoms with Crippen LogP contribution in [-0.2, 0) is 18.4 Å². The molecule has 0 amide bonds. The van der Waals surface area contributed by atoms with Crippen molar-refractivity contribution >= 4 is 5.97 Å². The summed E-state index contributed by atoms with van der Waals surface area (Å²) in [6.07, 6.45) is 5.63. The Morgan fingerprint density at radius 1 is 1.71 bits per heavy atom. The molecule has 0 aliphatic rings. The number of aryl methyl sites for hydroxylation is 2. The molecule has 1 heterocycles. The Labute approximate surface area is 82.8 Å². The Bertz CT molecular complexity index is 325. The lowest BCUT2D eigenvalue weighted by Gasteiger charge is -1.85. The zero-order valence-corrected chi connectivity index (χ0v) is 8.30. The van der Waals surface area contributed by atoms with Crippen LogP contribution >= 0.6 is 0 Å². The molecule has 1 aromatic rings. The summed E-state index contributed by atoms with van der Waals surface area (Å²) in [6.45, 7) is 3.18. The van der Waals surface area contributed by atoms with E-state index in [4.69, 9.17) is 5.26 Å². The first-order valence-corrected chi connectivity index (χ1v) is 4.18. The lowest BCUT2D eigenvalue weighted by Crippen LogP contribution is -2.23. The molecule has 76 valence electrons. The number of carboxylic acids is 1. The molecule has 0 bridgehead atoms. The highest BCUT2D eigenvalue weighted by Gasteiger charge is 1.92. The Hall–Kier alpha value is -1.83. The number of aromatic nitrogens is 2. The third-order valence-corrected chi connectivity index (χ3v) is 1.41. The Kier molecular flexibility index (Phi) is 5.79. The fraction of sp³-hybridized carbons (Fsp3) is 0.444. The molecule has 0 aliphatic heterocycles. The number of aliphatic carboxylic acids is 1. The van der Waals surface area contributed by atoms with Gasteiger partial charge in [0, 0.05) is 0 Å². The van der Waals surface area contributed by atoms with Crippen molar-refractivity contribution in [1.82, 2.24) is 4.57 Å². The van der Waals surface area contributed by atoms with E-state index in [1.165, 1.54) is 6.07 Å². The van der Waals surface area contributed by atoms with Crippen molar-refractivity contribution in [2.45, 2.75) is 19.9 Å². The summed E-state index contributed by atoms with van der Waals surface area (Å²) in [7, 11) is 2.02. The maximum Gasteiger partial charge on any atom is 0.243 e. The van der Waals surface area contributed by atoms with Gasteiger partial charge in [0.2, 0.25) is 6.33 Å². The molecule has 0 radical (unpaired) electrons. The van der Waals surface area contributed by atoms with Crippen molar-refractivity contribution in [2.75, 3.05) is 0 Å². The lowest BCUT2D eigenvalue weighted by molar-refractivity contribution is -0.671. The standard InChI is InChI=1S/C6H11N2.C3H3NO2/c1-3-8-5-4-7(2)6-8;4-2-1-3(5)6/h4-6H,3H2,1-2H3;1H2,(H,5,6)/q+1;/p-1. The molecule has 0 spiro atoms. The number of rotatable bonds is 2. The predicted octanol–water partition coefficient (Wildman–Crippen LogP) is -1.02. The zero-order valence-electron chi connectivity index (χ0n) is 8.30. The summed E-state index contributed by atoms with van der Waals surface area (Å²) in [5, 5.41) is 16.8. The molecule has 14 heavy (non-hydrogen) atoms. The van der Waals surface area contributed by atoms with Crippen LogP contribution in [0.5, 0.6) is 0 Å². The number of hydrogen-bond donors (Lipinski definition) is 0. The molecule has 5 heteroatoms. The van der Waals surface area contributed by atoms with E-state index in [0.717, 1.165) is 6.54 Å². The monoisotopic (exact) mass is 195 g/mol. The van der Waals surface area contributed by atoms with Gasteiger partial charge in [-0.15, -0.1) is 0 Å². The highest BCUT2D eigenvalue weighted by molar-refractivity contribution is 5.66. The van der Waals surface area contributed by atoms with Gasteiger partial charge in [0.15, 0.2) is 0 Å². The summed E-state index contributed by atoms with van der Waals surface area (Å²) in [4.78, 5) is 9.27. The second-order valence-electron chi connectivity index (χ2n) is 2.62. The van der Waals surface area contributed by atoms with E-state index in [1.54, 1.807) is 0 Å². The third kappa shape index (κ3) is 5.77. The van der Waals surface area contributed by atoms with Gasteiger partial charge in [-0.25, -0.2) is 9.13 Å². The quantitative estimate of drug-likeness (QED) is 0.567. The largest absolute Gasteiger partial charge is 0.549 e. The Morgan fingerprint density at radius 2 is 2.36 bits per heavy atom. The zero-order chi connectivity index (χ0) is 11.0. The van der Waals surface area contributed by atoms with Crippen LogP contribution in [0, 0.1) is 11.3 Å². The minimum Gasteiger partial charge on any atom is -0.549 e. The summed E-state index contributed by atoms with van der Waals surface area (Å²) < 4.78 is 4.16. The van der Waals surface area contributed by atoms with Crippen LogP contribution in [0.2, 0.25) is 0 Å². The molecule has 0 N–H and O–H groups in total. The van der Waals surface area contributed by atoms with E-state index >= 15 is 0 Å². The van der Waals surface area contributed by atoms with Gasteiger partial charge in [-0.1, -0.05) is 0 Å². The van der Waals surface area contributed by atoms with Gasteiger partial charge in [-0.2, -0.15) is 5.26 Å². The minimum atomic E-state index is -1.32. The predicted molar refractivity (Wildman–Crippen MR) is 46.5 cm³/mol. The maximum atomic E-state index is 9.27. The average Bonchev–Trinajstić information content (AvgIpc) is 2.52. The van der Waals surface area contributed by atoms with Gasteiger partial charge in [-0.3, -0.25) is 0 Å². The van der Waals surface area contributed by atoms with Crippen molar-refractivity contribution in [2.24, 2.45) is 7.05 Å². The molecular formula is C9H13N3O2. The number of nitriles is 1. The van der Waals surface area contributed by atoms with Crippen LogP contribution < -0.4 is 9.67 Å². The van der Waals surface area contributed by atoms with E-state index < -0.39 is 12.4 Å². The van der Waals surface area contributed by atoms with Crippen molar-refractivity contribution in [1.29, 1.82) is 5.26 Å². The molecule has 0 aliphatic carbocycles.